The summed E-state index contributed by atoms with van der Waals surface area (Å²) in [5.41, 5.74) is 3.69. The van der Waals surface area contributed by atoms with Crippen LogP contribution >= 0.6 is 0 Å². The fraction of sp³-hybridized carbons (Fsp3) is 0.562. The van der Waals surface area contributed by atoms with E-state index < -0.39 is 0 Å². The highest BCUT2D eigenvalue weighted by atomic mass is 16.1. The van der Waals surface area contributed by atoms with Crippen LogP contribution in [0, 0.1) is 6.92 Å². The molecule has 0 heterocycles. The summed E-state index contributed by atoms with van der Waals surface area (Å²) >= 11 is 0. The molecule has 1 amide bonds. The summed E-state index contributed by atoms with van der Waals surface area (Å²) in [5, 5.41) is 6.09. The number of hydrogen-bond acceptors (Lipinski definition) is 3. The molecule has 0 fully saturated rings. The molecule has 0 aromatic heterocycles. The smallest absolute Gasteiger partial charge is 0.239 e. The predicted molar refractivity (Wildman–Crippen MR) is 85.1 cm³/mol. The van der Waals surface area contributed by atoms with E-state index in [9.17, 15) is 4.79 Å². The Labute approximate surface area is 122 Å². The minimum absolute atomic E-state index is 0.0400. The van der Waals surface area contributed by atoms with Crippen molar-refractivity contribution >= 4 is 11.6 Å². The van der Waals surface area contributed by atoms with E-state index in [4.69, 9.17) is 0 Å². The molecule has 112 valence electrons. The van der Waals surface area contributed by atoms with Gasteiger partial charge in [-0.3, -0.25) is 4.79 Å². The van der Waals surface area contributed by atoms with Gasteiger partial charge < -0.3 is 15.5 Å². The van der Waals surface area contributed by atoms with Gasteiger partial charge >= 0.3 is 0 Å². The molecular weight excluding hydrogens is 250 g/mol. The Bertz CT molecular complexity index is 432. The van der Waals surface area contributed by atoms with Gasteiger partial charge in [-0.25, -0.2) is 0 Å². The first-order chi connectivity index (χ1) is 9.62. The first-order valence-corrected chi connectivity index (χ1v) is 7.38. The number of aryl methyl sites for hydroxylation is 1. The van der Waals surface area contributed by atoms with Crippen LogP contribution in [0.5, 0.6) is 0 Å². The van der Waals surface area contributed by atoms with E-state index in [2.05, 4.69) is 54.5 Å². The summed E-state index contributed by atoms with van der Waals surface area (Å²) in [5.74, 6) is 0.0400. The van der Waals surface area contributed by atoms with Gasteiger partial charge in [-0.15, -0.1) is 0 Å². The summed E-state index contributed by atoms with van der Waals surface area (Å²) in [6.45, 7) is 9.52. The van der Waals surface area contributed by atoms with Crippen LogP contribution in [0.1, 0.15) is 31.4 Å². The zero-order valence-electron chi connectivity index (χ0n) is 13.1. The maximum Gasteiger partial charge on any atom is 0.239 e. The van der Waals surface area contributed by atoms with Crippen molar-refractivity contribution in [3.63, 3.8) is 0 Å². The maximum absolute atomic E-state index is 11.5. The van der Waals surface area contributed by atoms with Gasteiger partial charge in [0, 0.05) is 25.8 Å². The number of anilines is 1. The number of nitrogens with zero attached hydrogens (tertiary/aromatic N) is 1. The summed E-state index contributed by atoms with van der Waals surface area (Å²) in [7, 11) is 1.67. The minimum atomic E-state index is 0.0400. The van der Waals surface area contributed by atoms with Crippen molar-refractivity contribution in [1.29, 1.82) is 0 Å². The average Bonchev–Trinajstić information content (AvgIpc) is 2.46. The van der Waals surface area contributed by atoms with E-state index in [1.165, 1.54) is 11.1 Å². The molecule has 1 rings (SSSR count). The second kappa shape index (κ2) is 8.59. The summed E-state index contributed by atoms with van der Waals surface area (Å²) in [6.07, 6.45) is 1.15. The highest BCUT2D eigenvalue weighted by molar-refractivity contribution is 5.81. The first kappa shape index (κ1) is 16.5. The number of carbonyl (C=O) groups excluding carboxylic acids is 1. The van der Waals surface area contributed by atoms with Gasteiger partial charge in [-0.2, -0.15) is 0 Å². The summed E-state index contributed by atoms with van der Waals surface area (Å²) in [4.78, 5) is 13.6. The van der Waals surface area contributed by atoms with Gasteiger partial charge in [0.25, 0.3) is 0 Å². The number of carbonyl (C=O) groups is 1. The number of hydrogen-bond donors (Lipinski definition) is 2. The van der Waals surface area contributed by atoms with Crippen LogP contribution in [-0.4, -0.2) is 32.6 Å². The molecule has 0 radical (unpaired) electrons. The van der Waals surface area contributed by atoms with Gasteiger partial charge in [-0.1, -0.05) is 13.0 Å². The molecule has 4 nitrogen and oxygen atoms in total. The van der Waals surface area contributed by atoms with E-state index >= 15 is 0 Å². The number of rotatable bonds is 8. The van der Waals surface area contributed by atoms with Crippen molar-refractivity contribution in [3.8, 4) is 0 Å². The van der Waals surface area contributed by atoms with E-state index in [-0.39, 0.29) is 5.91 Å². The van der Waals surface area contributed by atoms with Crippen LogP contribution in [0.4, 0.5) is 5.69 Å². The molecule has 1 aromatic rings. The van der Waals surface area contributed by atoms with Gasteiger partial charge in [0.05, 0.1) is 6.54 Å². The SMILES string of the molecule is CCCNCc1ccc(N(CC)CC(=O)NC)cc1C. The Balaban J connectivity index is 2.75. The lowest BCUT2D eigenvalue weighted by molar-refractivity contribution is -0.119. The summed E-state index contributed by atoms with van der Waals surface area (Å²) in [6, 6.07) is 6.41. The molecule has 1 aromatic carbocycles. The third kappa shape index (κ3) is 4.85. The second-order valence-corrected chi connectivity index (χ2v) is 4.97. The molecule has 0 atom stereocenters. The van der Waals surface area contributed by atoms with E-state index in [0.717, 1.165) is 31.7 Å². The third-order valence-electron chi connectivity index (χ3n) is 3.43. The molecule has 20 heavy (non-hydrogen) atoms. The minimum Gasteiger partial charge on any atom is -0.362 e. The quantitative estimate of drug-likeness (QED) is 0.715. The van der Waals surface area contributed by atoms with Crippen LogP contribution in [0.15, 0.2) is 18.2 Å². The molecule has 0 aliphatic rings. The molecule has 0 bridgehead atoms. The number of likely N-dealkylation sites (N-methyl/N-ethyl adjacent to an activating group) is 2. The van der Waals surface area contributed by atoms with Crippen LogP contribution < -0.4 is 15.5 Å². The molecule has 0 saturated heterocycles. The molecule has 0 saturated carbocycles. The highest BCUT2D eigenvalue weighted by Crippen LogP contribution is 2.19. The lowest BCUT2D eigenvalue weighted by Crippen LogP contribution is -2.35. The number of benzene rings is 1. The Morgan fingerprint density at radius 1 is 1.30 bits per heavy atom. The zero-order chi connectivity index (χ0) is 15.0. The molecule has 0 aliphatic carbocycles. The van der Waals surface area contributed by atoms with Crippen molar-refractivity contribution in [1.82, 2.24) is 10.6 Å². The van der Waals surface area contributed by atoms with Crippen molar-refractivity contribution in [3.05, 3.63) is 29.3 Å². The lowest BCUT2D eigenvalue weighted by atomic mass is 10.1. The Morgan fingerprint density at radius 3 is 2.60 bits per heavy atom. The third-order valence-corrected chi connectivity index (χ3v) is 3.43. The van der Waals surface area contributed by atoms with Crippen LogP contribution in [0.25, 0.3) is 0 Å². The van der Waals surface area contributed by atoms with Crippen molar-refractivity contribution in [2.45, 2.75) is 33.7 Å². The molecule has 0 aliphatic heterocycles. The Kier molecular flexibility index (Phi) is 7.09. The van der Waals surface area contributed by atoms with Crippen molar-refractivity contribution in [2.24, 2.45) is 0 Å². The normalized spacial score (nSPS) is 10.4. The van der Waals surface area contributed by atoms with Crippen molar-refractivity contribution in [2.75, 3.05) is 31.6 Å². The van der Waals surface area contributed by atoms with Gasteiger partial charge in [-0.05, 0) is 50.1 Å². The molecular formula is C16H27N3O. The van der Waals surface area contributed by atoms with Crippen LogP contribution in [0.3, 0.4) is 0 Å². The number of nitrogens with one attached hydrogen (secondary N) is 2. The largest absolute Gasteiger partial charge is 0.362 e. The second-order valence-electron chi connectivity index (χ2n) is 4.97. The Hall–Kier alpha value is -1.55. The molecule has 4 heteroatoms. The van der Waals surface area contributed by atoms with Crippen molar-refractivity contribution < 1.29 is 4.79 Å². The lowest BCUT2D eigenvalue weighted by Gasteiger charge is -2.23. The first-order valence-electron chi connectivity index (χ1n) is 7.38. The number of amides is 1. The standard InChI is InChI=1S/C16H27N3O/c1-5-9-18-11-14-7-8-15(10-13(14)3)19(6-2)12-16(20)17-4/h7-8,10,18H,5-6,9,11-12H2,1-4H3,(H,17,20). The molecule has 0 unspecified atom stereocenters. The fourth-order valence-corrected chi connectivity index (χ4v) is 2.11. The zero-order valence-corrected chi connectivity index (χ0v) is 13.1. The van der Waals surface area contributed by atoms with Crippen LogP contribution in [0.2, 0.25) is 0 Å². The molecule has 2 N–H and O–H groups in total. The topological polar surface area (TPSA) is 44.4 Å². The van der Waals surface area contributed by atoms with Gasteiger partial charge in [0.15, 0.2) is 0 Å². The monoisotopic (exact) mass is 277 g/mol. The van der Waals surface area contributed by atoms with Crippen LogP contribution in [-0.2, 0) is 11.3 Å². The fourth-order valence-electron chi connectivity index (χ4n) is 2.11. The van der Waals surface area contributed by atoms with Gasteiger partial charge in [0.1, 0.15) is 0 Å². The van der Waals surface area contributed by atoms with E-state index in [1.807, 2.05) is 0 Å². The highest BCUT2D eigenvalue weighted by Gasteiger charge is 2.10. The Morgan fingerprint density at radius 2 is 2.05 bits per heavy atom. The van der Waals surface area contributed by atoms with E-state index in [1.54, 1.807) is 7.05 Å². The molecule has 0 spiro atoms. The maximum atomic E-state index is 11.5. The predicted octanol–water partition coefficient (Wildman–Crippen LogP) is 2.07. The average molecular weight is 277 g/mol. The van der Waals surface area contributed by atoms with E-state index in [0.29, 0.717) is 6.54 Å². The van der Waals surface area contributed by atoms with Gasteiger partial charge in [0.2, 0.25) is 5.91 Å². The summed E-state index contributed by atoms with van der Waals surface area (Å²) < 4.78 is 0.